The lowest BCUT2D eigenvalue weighted by atomic mass is 10.1. The summed E-state index contributed by atoms with van der Waals surface area (Å²) in [6, 6.07) is 8.72. The Morgan fingerprint density at radius 2 is 1.70 bits per heavy atom. The molecule has 0 bridgehead atoms. The Kier molecular flexibility index (Phi) is 4.08. The Morgan fingerprint density at radius 3 is 2.35 bits per heavy atom. The Morgan fingerprint density at radius 1 is 1.05 bits per heavy atom. The summed E-state index contributed by atoms with van der Waals surface area (Å²) in [6.45, 7) is 4.41. The highest BCUT2D eigenvalue weighted by Crippen LogP contribution is 2.27. The summed E-state index contributed by atoms with van der Waals surface area (Å²) >= 11 is 0. The predicted molar refractivity (Wildman–Crippen MR) is 85.9 cm³/mol. The summed E-state index contributed by atoms with van der Waals surface area (Å²) in [5.74, 6) is 3.49. The first-order valence-corrected chi connectivity index (χ1v) is 8.93. The predicted octanol–water partition coefficient (Wildman–Crippen LogP) is 1.77. The molecular formula is C17H23O2S+. The van der Waals surface area contributed by atoms with Crippen LogP contribution in [0, 0.1) is 0 Å². The molecule has 1 saturated heterocycles. The molecule has 0 radical (unpaired) electrons. The normalized spacial score (nSPS) is 30.1. The van der Waals surface area contributed by atoms with E-state index in [1.807, 2.05) is 0 Å². The molecule has 20 heavy (non-hydrogen) atoms. The van der Waals surface area contributed by atoms with E-state index in [0.717, 1.165) is 18.6 Å². The molecule has 0 N–H and O–H groups in total. The molecule has 0 spiro atoms. The number of hydrogen-bond acceptors (Lipinski definition) is 2. The van der Waals surface area contributed by atoms with Crippen molar-refractivity contribution in [3.8, 4) is 0 Å². The molecule has 2 atom stereocenters. The highest BCUT2D eigenvalue weighted by molar-refractivity contribution is 8.05. The molecule has 3 heteroatoms. The fourth-order valence-electron chi connectivity index (χ4n) is 3.29. The van der Waals surface area contributed by atoms with Crippen molar-refractivity contribution < 1.29 is 9.47 Å². The number of rotatable bonds is 2. The minimum Gasteiger partial charge on any atom is -0.500 e. The summed E-state index contributed by atoms with van der Waals surface area (Å²) in [4.78, 5) is 1.64. The molecule has 0 aromatic heterocycles. The van der Waals surface area contributed by atoms with Gasteiger partial charge in [0.25, 0.3) is 0 Å². The third kappa shape index (κ3) is 2.61. The van der Waals surface area contributed by atoms with Crippen LogP contribution in [0.1, 0.15) is 26.7 Å². The SMILES string of the molecule is COC1=c2ccccc2=C([S+]2CC(C)OC(C)C2)CC1. The lowest BCUT2D eigenvalue weighted by Gasteiger charge is -2.27. The Hall–Kier alpha value is -0.930. The van der Waals surface area contributed by atoms with Gasteiger partial charge in [-0.3, -0.25) is 0 Å². The van der Waals surface area contributed by atoms with Gasteiger partial charge in [-0.2, -0.15) is 0 Å². The van der Waals surface area contributed by atoms with E-state index < -0.39 is 0 Å². The smallest absolute Gasteiger partial charge is 0.140 e. The van der Waals surface area contributed by atoms with Crippen molar-refractivity contribution in [2.75, 3.05) is 18.6 Å². The van der Waals surface area contributed by atoms with Crippen LogP contribution < -0.4 is 10.4 Å². The number of benzene rings is 1. The van der Waals surface area contributed by atoms with Gasteiger partial charge in [0.1, 0.15) is 34.4 Å². The lowest BCUT2D eigenvalue weighted by molar-refractivity contribution is 0.0282. The zero-order chi connectivity index (χ0) is 14.1. The van der Waals surface area contributed by atoms with Crippen LogP contribution in [0.15, 0.2) is 24.3 Å². The Labute approximate surface area is 123 Å². The molecule has 1 fully saturated rings. The molecule has 2 unspecified atom stereocenters. The van der Waals surface area contributed by atoms with Gasteiger partial charge in [0.15, 0.2) is 0 Å². The molecule has 2 aliphatic rings. The Bertz CT molecular complexity index is 598. The molecule has 1 aliphatic carbocycles. The third-order valence-corrected chi connectivity index (χ3v) is 6.90. The zero-order valence-electron chi connectivity index (χ0n) is 12.5. The molecule has 1 aliphatic heterocycles. The first-order valence-electron chi connectivity index (χ1n) is 7.37. The van der Waals surface area contributed by atoms with E-state index in [1.54, 1.807) is 12.0 Å². The molecule has 0 amide bonds. The third-order valence-electron chi connectivity index (χ3n) is 4.04. The van der Waals surface area contributed by atoms with Crippen LogP contribution >= 0.6 is 0 Å². The molecule has 2 nitrogen and oxygen atoms in total. The van der Waals surface area contributed by atoms with Crippen molar-refractivity contribution in [2.45, 2.75) is 38.9 Å². The van der Waals surface area contributed by atoms with E-state index in [9.17, 15) is 0 Å². The van der Waals surface area contributed by atoms with E-state index in [-0.39, 0.29) is 0 Å². The monoisotopic (exact) mass is 291 g/mol. The van der Waals surface area contributed by atoms with Gasteiger partial charge in [0.2, 0.25) is 0 Å². The van der Waals surface area contributed by atoms with E-state index in [2.05, 4.69) is 38.1 Å². The largest absolute Gasteiger partial charge is 0.500 e. The second-order valence-corrected chi connectivity index (χ2v) is 7.82. The fourth-order valence-corrected chi connectivity index (χ4v) is 6.00. The van der Waals surface area contributed by atoms with Gasteiger partial charge >= 0.3 is 0 Å². The summed E-state index contributed by atoms with van der Waals surface area (Å²) in [6.07, 6.45) is 2.95. The maximum atomic E-state index is 5.90. The minimum absolute atomic E-state index is 0.353. The van der Waals surface area contributed by atoms with Crippen LogP contribution in [0.5, 0.6) is 0 Å². The van der Waals surface area contributed by atoms with Crippen molar-refractivity contribution in [1.29, 1.82) is 0 Å². The average molecular weight is 291 g/mol. The van der Waals surface area contributed by atoms with Crippen LogP contribution in [-0.2, 0) is 20.4 Å². The summed E-state index contributed by atoms with van der Waals surface area (Å²) in [5, 5.41) is 2.72. The zero-order valence-corrected chi connectivity index (χ0v) is 13.3. The number of methoxy groups -OCH3 is 1. The number of ether oxygens (including phenoxy) is 2. The van der Waals surface area contributed by atoms with Crippen LogP contribution in [0.3, 0.4) is 0 Å². The van der Waals surface area contributed by atoms with E-state index >= 15 is 0 Å². The molecule has 1 aromatic rings. The highest BCUT2D eigenvalue weighted by Gasteiger charge is 2.36. The fraction of sp³-hybridized carbons (Fsp3) is 0.529. The Balaban J connectivity index is 2.10. The van der Waals surface area contributed by atoms with E-state index in [4.69, 9.17) is 9.47 Å². The number of fused-ring (bicyclic) bond motifs is 1. The maximum Gasteiger partial charge on any atom is 0.140 e. The van der Waals surface area contributed by atoms with Crippen molar-refractivity contribution in [2.24, 2.45) is 0 Å². The minimum atomic E-state index is 0.353. The van der Waals surface area contributed by atoms with Crippen LogP contribution in [-0.4, -0.2) is 30.8 Å². The van der Waals surface area contributed by atoms with E-state index in [1.165, 1.54) is 21.9 Å². The second kappa shape index (κ2) is 5.82. The second-order valence-electron chi connectivity index (χ2n) is 5.68. The lowest BCUT2D eigenvalue weighted by Crippen LogP contribution is -2.43. The van der Waals surface area contributed by atoms with Gasteiger partial charge in [-0.1, -0.05) is 18.2 Å². The van der Waals surface area contributed by atoms with Gasteiger partial charge < -0.3 is 9.47 Å². The van der Waals surface area contributed by atoms with Crippen molar-refractivity contribution in [1.82, 2.24) is 0 Å². The van der Waals surface area contributed by atoms with Crippen LogP contribution in [0.25, 0.3) is 10.7 Å². The standard InChI is InChI=1S/C17H23O2S/c1-12-10-20(11-13(2)19-12)17-9-8-16(18-3)14-6-4-5-7-15(14)17/h4-7,12-13H,8-11H2,1-3H3/q+1. The van der Waals surface area contributed by atoms with Gasteiger partial charge in [-0.25, -0.2) is 0 Å². The summed E-state index contributed by atoms with van der Waals surface area (Å²) in [5.41, 5.74) is 0. The first-order chi connectivity index (χ1) is 9.69. The van der Waals surface area contributed by atoms with Crippen molar-refractivity contribution in [3.63, 3.8) is 0 Å². The average Bonchev–Trinajstić information content (AvgIpc) is 2.45. The molecule has 3 rings (SSSR count). The van der Waals surface area contributed by atoms with Gasteiger partial charge in [-0.05, 0) is 19.9 Å². The van der Waals surface area contributed by atoms with Gasteiger partial charge in [0.05, 0.1) is 7.11 Å². The quantitative estimate of drug-likeness (QED) is 0.773. The van der Waals surface area contributed by atoms with Gasteiger partial charge in [-0.15, -0.1) is 0 Å². The summed E-state index contributed by atoms with van der Waals surface area (Å²) in [7, 11) is 2.14. The van der Waals surface area contributed by atoms with Crippen LogP contribution in [0.2, 0.25) is 0 Å². The molecule has 0 saturated carbocycles. The maximum absolute atomic E-state index is 5.90. The van der Waals surface area contributed by atoms with Crippen molar-refractivity contribution >= 4 is 21.6 Å². The topological polar surface area (TPSA) is 18.5 Å². The molecule has 1 heterocycles. The molecule has 1 aromatic carbocycles. The van der Waals surface area contributed by atoms with E-state index in [0.29, 0.717) is 23.1 Å². The molecular weight excluding hydrogens is 268 g/mol. The number of hydrogen-bond donors (Lipinski definition) is 0. The first kappa shape index (κ1) is 14.0. The van der Waals surface area contributed by atoms with Crippen LogP contribution in [0.4, 0.5) is 0 Å². The summed E-state index contributed by atoms with van der Waals surface area (Å²) < 4.78 is 11.5. The van der Waals surface area contributed by atoms with Gasteiger partial charge in [0, 0.05) is 34.2 Å². The molecule has 108 valence electrons. The highest BCUT2D eigenvalue weighted by atomic mass is 32.2. The van der Waals surface area contributed by atoms with Crippen molar-refractivity contribution in [3.05, 3.63) is 34.7 Å².